The van der Waals surface area contributed by atoms with Gasteiger partial charge in [-0.15, -0.1) is 5.11 Å². The lowest BCUT2D eigenvalue weighted by molar-refractivity contribution is -0.123. The zero-order chi connectivity index (χ0) is 25.8. The molecule has 0 atom stereocenters. The summed E-state index contributed by atoms with van der Waals surface area (Å²) in [6, 6.07) is 26.0. The minimum atomic E-state index is -0.426. The molecule has 184 valence electrons. The van der Waals surface area contributed by atoms with Gasteiger partial charge in [-0.1, -0.05) is 48.5 Å². The van der Waals surface area contributed by atoms with Crippen molar-refractivity contribution < 1.29 is 19.4 Å². The van der Waals surface area contributed by atoms with E-state index in [0.717, 1.165) is 38.7 Å². The molecule has 2 amide bonds. The Labute approximate surface area is 218 Å². The third-order valence-electron chi connectivity index (χ3n) is 5.78. The van der Waals surface area contributed by atoms with Crippen molar-refractivity contribution in [2.75, 3.05) is 13.2 Å². The Morgan fingerprint density at radius 3 is 2.62 bits per heavy atom. The molecule has 1 aliphatic rings. The molecule has 1 fully saturated rings. The summed E-state index contributed by atoms with van der Waals surface area (Å²) in [5, 5.41) is 20.7. The van der Waals surface area contributed by atoms with Crippen LogP contribution < -0.4 is 4.74 Å². The van der Waals surface area contributed by atoms with Crippen LogP contribution in [-0.4, -0.2) is 34.3 Å². The molecular formula is C29H23N3O4S. The van der Waals surface area contributed by atoms with E-state index in [1.54, 1.807) is 12.1 Å². The number of benzene rings is 4. The number of amides is 2. The Kier molecular flexibility index (Phi) is 7.00. The van der Waals surface area contributed by atoms with Gasteiger partial charge >= 0.3 is 0 Å². The van der Waals surface area contributed by atoms with Crippen molar-refractivity contribution in [1.29, 1.82) is 0 Å². The van der Waals surface area contributed by atoms with Crippen LogP contribution >= 0.6 is 11.8 Å². The van der Waals surface area contributed by atoms with E-state index in [1.807, 2.05) is 73.7 Å². The van der Waals surface area contributed by atoms with Crippen molar-refractivity contribution in [2.45, 2.75) is 6.92 Å². The van der Waals surface area contributed by atoms with Crippen LogP contribution in [0.3, 0.4) is 0 Å². The molecule has 1 N–H and O–H groups in total. The van der Waals surface area contributed by atoms with Crippen LogP contribution in [0.1, 0.15) is 11.1 Å². The molecular weight excluding hydrogens is 486 g/mol. The quantitative estimate of drug-likeness (QED) is 0.207. The molecule has 1 heterocycles. The number of phenolic OH excluding ortho intramolecular Hbond substituents is 1. The first kappa shape index (κ1) is 24.3. The second kappa shape index (κ2) is 10.7. The van der Waals surface area contributed by atoms with Gasteiger partial charge in [-0.05, 0) is 72.1 Å². The van der Waals surface area contributed by atoms with E-state index < -0.39 is 5.91 Å². The molecule has 5 rings (SSSR count). The molecule has 0 aromatic heterocycles. The van der Waals surface area contributed by atoms with E-state index in [2.05, 4.69) is 10.2 Å². The fraction of sp³-hybridized carbons (Fsp3) is 0.103. The van der Waals surface area contributed by atoms with E-state index in [4.69, 9.17) is 4.74 Å². The number of carbonyl (C=O) groups excluding carboxylic acids is 2. The molecule has 4 aromatic rings. The van der Waals surface area contributed by atoms with Crippen molar-refractivity contribution in [3.8, 4) is 11.5 Å². The summed E-state index contributed by atoms with van der Waals surface area (Å²) in [5.74, 6) is 0.227. The zero-order valence-electron chi connectivity index (χ0n) is 20.0. The minimum absolute atomic E-state index is 0.0290. The van der Waals surface area contributed by atoms with Gasteiger partial charge < -0.3 is 9.84 Å². The molecule has 1 saturated heterocycles. The largest absolute Gasteiger partial charge is 0.507 e. The highest BCUT2D eigenvalue weighted by Gasteiger charge is 2.35. The van der Waals surface area contributed by atoms with Crippen LogP contribution in [0.25, 0.3) is 16.8 Å². The van der Waals surface area contributed by atoms with Gasteiger partial charge in [0.05, 0.1) is 22.8 Å². The van der Waals surface area contributed by atoms with E-state index >= 15 is 0 Å². The van der Waals surface area contributed by atoms with Crippen LogP contribution in [0, 0.1) is 6.92 Å². The predicted octanol–water partition coefficient (Wildman–Crippen LogP) is 7.38. The van der Waals surface area contributed by atoms with Crippen molar-refractivity contribution in [3.63, 3.8) is 0 Å². The zero-order valence-corrected chi connectivity index (χ0v) is 20.8. The number of carbonyl (C=O) groups is 2. The van der Waals surface area contributed by atoms with E-state index in [-0.39, 0.29) is 29.0 Å². The Morgan fingerprint density at radius 1 is 0.946 bits per heavy atom. The smallest absolute Gasteiger partial charge is 0.293 e. The maximum atomic E-state index is 12.9. The third kappa shape index (κ3) is 5.54. The Morgan fingerprint density at radius 2 is 1.76 bits per heavy atom. The third-order valence-corrected chi connectivity index (χ3v) is 6.69. The summed E-state index contributed by atoms with van der Waals surface area (Å²) in [4.78, 5) is 26.7. The number of azo groups is 1. The lowest BCUT2D eigenvalue weighted by atomic mass is 10.1. The summed E-state index contributed by atoms with van der Waals surface area (Å²) >= 11 is 0.829. The van der Waals surface area contributed by atoms with Gasteiger partial charge in [0, 0.05) is 10.9 Å². The molecule has 0 spiro atoms. The van der Waals surface area contributed by atoms with Gasteiger partial charge in [-0.2, -0.15) is 5.11 Å². The normalized spacial score (nSPS) is 14.8. The second-order valence-electron chi connectivity index (χ2n) is 8.44. The summed E-state index contributed by atoms with van der Waals surface area (Å²) < 4.78 is 5.69. The highest BCUT2D eigenvalue weighted by atomic mass is 32.2. The highest BCUT2D eigenvalue weighted by Crippen LogP contribution is 2.35. The average Bonchev–Trinajstić information content (AvgIpc) is 3.16. The van der Waals surface area contributed by atoms with Crippen molar-refractivity contribution in [3.05, 3.63) is 101 Å². The molecule has 8 heteroatoms. The monoisotopic (exact) mass is 509 g/mol. The Balaban J connectivity index is 1.30. The van der Waals surface area contributed by atoms with Crippen molar-refractivity contribution in [2.24, 2.45) is 10.2 Å². The summed E-state index contributed by atoms with van der Waals surface area (Å²) in [5.41, 5.74) is 2.66. The minimum Gasteiger partial charge on any atom is -0.507 e. The van der Waals surface area contributed by atoms with Gasteiger partial charge in [0.1, 0.15) is 18.1 Å². The number of hydrogen-bond acceptors (Lipinski definition) is 7. The number of hydrogen-bond donors (Lipinski definition) is 1. The Hall–Kier alpha value is -4.43. The van der Waals surface area contributed by atoms with Gasteiger partial charge in [0.2, 0.25) is 0 Å². The number of nitrogens with zero attached hydrogens (tertiary/aromatic N) is 3. The number of aromatic hydroxyl groups is 1. The Bertz CT molecular complexity index is 1560. The molecule has 0 saturated carbocycles. The van der Waals surface area contributed by atoms with Crippen molar-refractivity contribution >= 4 is 51.1 Å². The summed E-state index contributed by atoms with van der Waals surface area (Å²) in [6.07, 6.45) is 1.50. The first-order chi connectivity index (χ1) is 18.0. The standard InChI is InChI=1S/C29H23N3O4S/c1-19-6-4-9-23(16-19)36-15-14-32-28(34)27(37-29(32)35)18-21-17-22(12-13-26(21)33)30-31-25-11-5-8-20-7-2-3-10-24(20)25/h2-13,16-18,33H,14-15H2,1H3/b27-18-,31-30?. The van der Waals surface area contributed by atoms with E-state index in [9.17, 15) is 14.7 Å². The first-order valence-corrected chi connectivity index (χ1v) is 12.5. The number of ether oxygens (including phenoxy) is 1. The molecule has 0 unspecified atom stereocenters. The van der Waals surface area contributed by atoms with Gasteiger partial charge in [0.15, 0.2) is 0 Å². The highest BCUT2D eigenvalue weighted by molar-refractivity contribution is 8.18. The predicted molar refractivity (Wildman–Crippen MR) is 146 cm³/mol. The molecule has 0 bridgehead atoms. The SMILES string of the molecule is Cc1cccc(OCCN2C(=O)S/C(=C\c3cc(N=Nc4cccc5ccccc45)ccc3O)C2=O)c1. The average molecular weight is 510 g/mol. The lowest BCUT2D eigenvalue weighted by Gasteiger charge is -2.13. The number of rotatable bonds is 7. The number of fused-ring (bicyclic) bond motifs is 1. The number of thioether (sulfide) groups is 1. The second-order valence-corrected chi connectivity index (χ2v) is 9.43. The van der Waals surface area contributed by atoms with Crippen LogP contribution in [0.4, 0.5) is 16.2 Å². The lowest BCUT2D eigenvalue weighted by Crippen LogP contribution is -2.32. The maximum absolute atomic E-state index is 12.9. The van der Waals surface area contributed by atoms with E-state index in [1.165, 1.54) is 12.1 Å². The fourth-order valence-electron chi connectivity index (χ4n) is 3.92. The van der Waals surface area contributed by atoms with Crippen molar-refractivity contribution in [1.82, 2.24) is 4.90 Å². The molecule has 4 aromatic carbocycles. The van der Waals surface area contributed by atoms with Crippen LogP contribution in [0.5, 0.6) is 11.5 Å². The fourth-order valence-corrected chi connectivity index (χ4v) is 4.78. The van der Waals surface area contributed by atoms with Gasteiger partial charge in [-0.3, -0.25) is 14.5 Å². The molecule has 7 nitrogen and oxygen atoms in total. The molecule has 1 aliphatic heterocycles. The molecule has 37 heavy (non-hydrogen) atoms. The number of phenols is 1. The summed E-state index contributed by atoms with van der Waals surface area (Å²) in [6.45, 7) is 2.27. The van der Waals surface area contributed by atoms with Crippen LogP contribution in [0.2, 0.25) is 0 Å². The molecule has 0 radical (unpaired) electrons. The van der Waals surface area contributed by atoms with Crippen LogP contribution in [-0.2, 0) is 4.79 Å². The molecule has 0 aliphatic carbocycles. The topological polar surface area (TPSA) is 91.6 Å². The van der Waals surface area contributed by atoms with E-state index in [0.29, 0.717) is 17.0 Å². The van der Waals surface area contributed by atoms with Gasteiger partial charge in [0.25, 0.3) is 11.1 Å². The number of imide groups is 1. The number of aryl methyl sites for hydroxylation is 1. The first-order valence-electron chi connectivity index (χ1n) is 11.7. The maximum Gasteiger partial charge on any atom is 0.293 e. The summed E-state index contributed by atoms with van der Waals surface area (Å²) in [7, 11) is 0. The van der Waals surface area contributed by atoms with Crippen LogP contribution in [0.15, 0.2) is 100 Å². The van der Waals surface area contributed by atoms with Gasteiger partial charge in [-0.25, -0.2) is 0 Å².